The number of imidazole rings is 1. The zero-order chi connectivity index (χ0) is 15.5. The Kier molecular flexibility index (Phi) is 4.27. The topological polar surface area (TPSA) is 69.1 Å². The Morgan fingerprint density at radius 3 is 2.73 bits per heavy atom. The number of aryl methyl sites for hydroxylation is 1. The maximum atomic E-state index is 9.50. The molecule has 0 atom stereocenters. The maximum absolute atomic E-state index is 9.50. The highest BCUT2D eigenvalue weighted by Crippen LogP contribution is 2.21. The first-order valence-electron chi connectivity index (χ1n) is 7.63. The predicted molar refractivity (Wildman–Crippen MR) is 90.0 cm³/mol. The number of rotatable bonds is 5. The molecule has 0 amide bonds. The molecule has 0 saturated carbocycles. The van der Waals surface area contributed by atoms with E-state index in [1.807, 2.05) is 18.2 Å². The number of fused-ring (bicyclic) bond motifs is 1. The molecular weight excluding hydrogens is 275 g/mol. The van der Waals surface area contributed by atoms with Crippen molar-refractivity contribution >= 4 is 23.6 Å². The van der Waals surface area contributed by atoms with Crippen molar-refractivity contribution in [1.29, 1.82) is 0 Å². The van der Waals surface area contributed by atoms with Crippen LogP contribution in [0.5, 0.6) is 0 Å². The molecule has 2 aromatic carbocycles. The molecule has 0 unspecified atom stereocenters. The third kappa shape index (κ3) is 2.91. The number of aromatic nitrogens is 2. The maximum Gasteiger partial charge on any atom is 0.489 e. The largest absolute Gasteiger partial charge is 0.489 e. The number of hydrogen-bond donors (Lipinski definition) is 3. The number of aromatic amines is 1. The Bertz CT molecular complexity index is 783. The molecule has 3 aromatic rings. The number of H-pyrrole nitrogens is 1. The smallest absolute Gasteiger partial charge is 0.423 e. The second-order valence-corrected chi connectivity index (χ2v) is 5.50. The standard InChI is InChI=1S/C17H19BN2O2/c1-2-3-6-12-9-10-15-16(11-12)20-17(19-15)13-7-4-5-8-14(13)18(21)22/h4-5,7-11,21-22H,2-3,6H2,1H3,(H,19,20). The lowest BCUT2D eigenvalue weighted by molar-refractivity contribution is 0.426. The Labute approximate surface area is 130 Å². The van der Waals surface area contributed by atoms with Gasteiger partial charge in [-0.2, -0.15) is 0 Å². The van der Waals surface area contributed by atoms with E-state index in [0.717, 1.165) is 17.5 Å². The van der Waals surface area contributed by atoms with E-state index in [0.29, 0.717) is 16.9 Å². The van der Waals surface area contributed by atoms with E-state index < -0.39 is 7.12 Å². The van der Waals surface area contributed by atoms with Gasteiger partial charge in [-0.05, 0) is 36.0 Å². The quantitative estimate of drug-likeness (QED) is 0.632. The summed E-state index contributed by atoms with van der Waals surface area (Å²) in [5, 5.41) is 19.0. The van der Waals surface area contributed by atoms with Gasteiger partial charge < -0.3 is 15.0 Å². The molecule has 3 N–H and O–H groups in total. The SMILES string of the molecule is CCCCc1ccc2nc(-c3ccccc3B(O)O)[nH]c2c1. The summed E-state index contributed by atoms with van der Waals surface area (Å²) in [6.45, 7) is 2.18. The molecule has 0 fully saturated rings. The highest BCUT2D eigenvalue weighted by atomic mass is 16.4. The van der Waals surface area contributed by atoms with Crippen molar-refractivity contribution < 1.29 is 10.0 Å². The molecule has 0 bridgehead atoms. The minimum Gasteiger partial charge on any atom is -0.423 e. The van der Waals surface area contributed by atoms with Gasteiger partial charge in [0.1, 0.15) is 5.82 Å². The Morgan fingerprint density at radius 2 is 1.95 bits per heavy atom. The molecular formula is C17H19BN2O2. The molecule has 112 valence electrons. The van der Waals surface area contributed by atoms with Gasteiger partial charge in [0.15, 0.2) is 0 Å². The third-order valence-corrected chi connectivity index (χ3v) is 3.86. The van der Waals surface area contributed by atoms with Crippen molar-refractivity contribution in [3.05, 3.63) is 48.0 Å². The summed E-state index contributed by atoms with van der Waals surface area (Å²) in [6.07, 6.45) is 3.41. The van der Waals surface area contributed by atoms with E-state index in [2.05, 4.69) is 29.0 Å². The molecule has 0 saturated heterocycles. The lowest BCUT2D eigenvalue weighted by Crippen LogP contribution is -2.31. The van der Waals surface area contributed by atoms with Gasteiger partial charge in [-0.3, -0.25) is 0 Å². The first kappa shape index (κ1) is 14.8. The van der Waals surface area contributed by atoms with Crippen molar-refractivity contribution in [1.82, 2.24) is 9.97 Å². The second-order valence-electron chi connectivity index (χ2n) is 5.50. The Hall–Kier alpha value is -2.11. The van der Waals surface area contributed by atoms with Crippen molar-refractivity contribution in [3.63, 3.8) is 0 Å². The zero-order valence-electron chi connectivity index (χ0n) is 12.6. The van der Waals surface area contributed by atoms with Gasteiger partial charge in [0, 0.05) is 5.56 Å². The van der Waals surface area contributed by atoms with Gasteiger partial charge in [-0.1, -0.05) is 43.7 Å². The van der Waals surface area contributed by atoms with Crippen LogP contribution in [0.4, 0.5) is 0 Å². The summed E-state index contributed by atoms with van der Waals surface area (Å²) >= 11 is 0. The summed E-state index contributed by atoms with van der Waals surface area (Å²) in [7, 11) is -1.51. The van der Waals surface area contributed by atoms with E-state index in [1.165, 1.54) is 18.4 Å². The average Bonchev–Trinajstić information content (AvgIpc) is 2.95. The summed E-state index contributed by atoms with van der Waals surface area (Å²) in [6, 6.07) is 13.4. The summed E-state index contributed by atoms with van der Waals surface area (Å²) < 4.78 is 0. The van der Waals surface area contributed by atoms with E-state index in [9.17, 15) is 10.0 Å². The predicted octanol–water partition coefficient (Wildman–Crippen LogP) is 2.25. The number of hydrogen-bond acceptors (Lipinski definition) is 3. The van der Waals surface area contributed by atoms with Crippen molar-refractivity contribution in [2.45, 2.75) is 26.2 Å². The molecule has 3 rings (SSSR count). The molecule has 4 nitrogen and oxygen atoms in total. The van der Waals surface area contributed by atoms with Crippen molar-refractivity contribution in [2.24, 2.45) is 0 Å². The number of unbranched alkanes of at least 4 members (excludes halogenated alkanes) is 1. The zero-order valence-corrected chi connectivity index (χ0v) is 12.6. The molecule has 22 heavy (non-hydrogen) atoms. The Morgan fingerprint density at radius 1 is 1.14 bits per heavy atom. The van der Waals surface area contributed by atoms with Crippen LogP contribution in [-0.4, -0.2) is 27.1 Å². The molecule has 1 aromatic heterocycles. The van der Waals surface area contributed by atoms with Gasteiger partial charge in [-0.25, -0.2) is 4.98 Å². The van der Waals surface area contributed by atoms with Gasteiger partial charge >= 0.3 is 7.12 Å². The van der Waals surface area contributed by atoms with Gasteiger partial charge in [0.2, 0.25) is 0 Å². The summed E-state index contributed by atoms with van der Waals surface area (Å²) in [5.41, 5.74) is 4.32. The first-order chi connectivity index (χ1) is 10.7. The van der Waals surface area contributed by atoms with Crippen LogP contribution in [0.1, 0.15) is 25.3 Å². The van der Waals surface area contributed by atoms with Gasteiger partial charge in [0.25, 0.3) is 0 Å². The fraction of sp³-hybridized carbons (Fsp3) is 0.235. The van der Waals surface area contributed by atoms with E-state index in [1.54, 1.807) is 12.1 Å². The van der Waals surface area contributed by atoms with E-state index >= 15 is 0 Å². The van der Waals surface area contributed by atoms with Crippen LogP contribution < -0.4 is 5.46 Å². The molecule has 5 heteroatoms. The van der Waals surface area contributed by atoms with Gasteiger partial charge in [-0.15, -0.1) is 0 Å². The molecule has 0 aliphatic heterocycles. The molecule has 0 spiro atoms. The van der Waals surface area contributed by atoms with Crippen molar-refractivity contribution in [3.8, 4) is 11.4 Å². The minimum absolute atomic E-state index is 0.452. The highest BCUT2D eigenvalue weighted by Gasteiger charge is 2.18. The van der Waals surface area contributed by atoms with Crippen LogP contribution in [0, 0.1) is 0 Å². The van der Waals surface area contributed by atoms with Crippen LogP contribution in [0.25, 0.3) is 22.4 Å². The summed E-state index contributed by atoms with van der Waals surface area (Å²) in [5.74, 6) is 0.659. The monoisotopic (exact) mass is 294 g/mol. The van der Waals surface area contributed by atoms with E-state index in [-0.39, 0.29) is 0 Å². The van der Waals surface area contributed by atoms with Crippen LogP contribution in [-0.2, 0) is 6.42 Å². The highest BCUT2D eigenvalue weighted by molar-refractivity contribution is 6.60. The minimum atomic E-state index is -1.51. The Balaban J connectivity index is 2.02. The van der Waals surface area contributed by atoms with Crippen LogP contribution in [0.3, 0.4) is 0 Å². The number of nitrogens with zero attached hydrogens (tertiary/aromatic N) is 1. The van der Waals surface area contributed by atoms with Gasteiger partial charge in [0.05, 0.1) is 11.0 Å². The lowest BCUT2D eigenvalue weighted by Gasteiger charge is -2.05. The second kappa shape index (κ2) is 6.34. The lowest BCUT2D eigenvalue weighted by atomic mass is 9.77. The van der Waals surface area contributed by atoms with Crippen molar-refractivity contribution in [2.75, 3.05) is 0 Å². The number of nitrogens with one attached hydrogen (secondary N) is 1. The third-order valence-electron chi connectivity index (χ3n) is 3.86. The fourth-order valence-corrected chi connectivity index (χ4v) is 2.66. The van der Waals surface area contributed by atoms with Crippen LogP contribution in [0.15, 0.2) is 42.5 Å². The summed E-state index contributed by atoms with van der Waals surface area (Å²) in [4.78, 5) is 7.86. The molecule has 0 aliphatic rings. The molecule has 1 heterocycles. The van der Waals surface area contributed by atoms with E-state index in [4.69, 9.17) is 0 Å². The fourth-order valence-electron chi connectivity index (χ4n) is 2.66. The number of benzene rings is 2. The first-order valence-corrected chi connectivity index (χ1v) is 7.63. The van der Waals surface area contributed by atoms with Crippen LogP contribution in [0.2, 0.25) is 0 Å². The normalized spacial score (nSPS) is 11.0. The van der Waals surface area contributed by atoms with Crippen LogP contribution >= 0.6 is 0 Å². The molecule has 0 aliphatic carbocycles. The molecule has 0 radical (unpaired) electrons. The average molecular weight is 294 g/mol.